The van der Waals surface area contributed by atoms with E-state index in [1.54, 1.807) is 11.3 Å². The minimum Gasteiger partial charge on any atom is -0.351 e. The van der Waals surface area contributed by atoms with Crippen LogP contribution < -0.4 is 4.90 Å². The van der Waals surface area contributed by atoms with Gasteiger partial charge in [0.1, 0.15) is 11.6 Å². The van der Waals surface area contributed by atoms with Gasteiger partial charge in [0.2, 0.25) is 0 Å². The van der Waals surface area contributed by atoms with E-state index in [2.05, 4.69) is 63.7 Å². The number of hydrogen-bond acceptors (Lipinski definition) is 6. The molecule has 3 rings (SSSR count). The lowest BCUT2D eigenvalue weighted by atomic mass is 10.0. The maximum atomic E-state index is 9.69. The van der Waals surface area contributed by atoms with Gasteiger partial charge in [-0.3, -0.25) is 4.90 Å². The van der Waals surface area contributed by atoms with E-state index in [-0.39, 0.29) is 0 Å². The Morgan fingerprint density at radius 1 is 1.20 bits per heavy atom. The third-order valence-electron chi connectivity index (χ3n) is 5.13. The first-order valence-corrected chi connectivity index (χ1v) is 9.93. The van der Waals surface area contributed by atoms with Gasteiger partial charge in [-0.15, -0.1) is 5.10 Å². The molecule has 5 nitrogen and oxygen atoms in total. The molecule has 1 aliphatic heterocycles. The van der Waals surface area contributed by atoms with Crippen LogP contribution in [0.5, 0.6) is 0 Å². The SMILES string of the molecule is CCc1nnc(N2CCN(C(C)c3ccsc3)CC2)c(C#N)c1CC. The van der Waals surface area contributed by atoms with Crippen molar-refractivity contribution in [2.24, 2.45) is 0 Å². The number of anilines is 1. The van der Waals surface area contributed by atoms with Crippen molar-refractivity contribution in [3.05, 3.63) is 39.2 Å². The molecule has 25 heavy (non-hydrogen) atoms. The summed E-state index contributed by atoms with van der Waals surface area (Å²) in [6.07, 6.45) is 1.64. The van der Waals surface area contributed by atoms with Crippen LogP contribution in [0.1, 0.15) is 49.2 Å². The first-order chi connectivity index (χ1) is 12.2. The summed E-state index contributed by atoms with van der Waals surface area (Å²) in [4.78, 5) is 4.72. The minimum absolute atomic E-state index is 0.434. The molecule has 1 aliphatic rings. The molecule has 0 radical (unpaired) electrons. The summed E-state index contributed by atoms with van der Waals surface area (Å²) in [7, 11) is 0. The van der Waals surface area contributed by atoms with E-state index in [0.717, 1.165) is 56.1 Å². The van der Waals surface area contributed by atoms with Crippen molar-refractivity contribution in [2.45, 2.75) is 39.7 Å². The van der Waals surface area contributed by atoms with Crippen molar-refractivity contribution in [2.75, 3.05) is 31.1 Å². The van der Waals surface area contributed by atoms with Crippen LogP contribution in [0.25, 0.3) is 0 Å². The van der Waals surface area contributed by atoms with E-state index in [0.29, 0.717) is 11.6 Å². The zero-order valence-corrected chi connectivity index (χ0v) is 16.0. The lowest BCUT2D eigenvalue weighted by Crippen LogP contribution is -2.47. The number of aryl methyl sites for hydroxylation is 1. The number of aromatic nitrogens is 2. The fourth-order valence-corrected chi connectivity index (χ4v) is 4.29. The van der Waals surface area contributed by atoms with Crippen molar-refractivity contribution in [3.63, 3.8) is 0 Å². The van der Waals surface area contributed by atoms with Crippen molar-refractivity contribution < 1.29 is 0 Å². The van der Waals surface area contributed by atoms with Crippen LogP contribution >= 0.6 is 11.3 Å². The van der Waals surface area contributed by atoms with Gasteiger partial charge < -0.3 is 4.90 Å². The van der Waals surface area contributed by atoms with E-state index in [4.69, 9.17) is 0 Å². The average molecular weight is 356 g/mol. The number of piperazine rings is 1. The largest absolute Gasteiger partial charge is 0.351 e. The van der Waals surface area contributed by atoms with Crippen LogP contribution in [0.2, 0.25) is 0 Å². The molecule has 0 saturated carbocycles. The Morgan fingerprint density at radius 2 is 1.96 bits per heavy atom. The maximum absolute atomic E-state index is 9.69. The number of thiophene rings is 1. The molecule has 2 aromatic heterocycles. The molecule has 0 bridgehead atoms. The summed E-state index contributed by atoms with van der Waals surface area (Å²) in [5.74, 6) is 0.763. The first kappa shape index (κ1) is 17.8. The summed E-state index contributed by atoms with van der Waals surface area (Å²) in [6.45, 7) is 10.1. The van der Waals surface area contributed by atoms with E-state index in [9.17, 15) is 5.26 Å². The summed E-state index contributed by atoms with van der Waals surface area (Å²) < 4.78 is 0. The molecule has 1 saturated heterocycles. The first-order valence-electron chi connectivity index (χ1n) is 8.99. The van der Waals surface area contributed by atoms with Gasteiger partial charge in [-0.1, -0.05) is 13.8 Å². The van der Waals surface area contributed by atoms with Gasteiger partial charge in [0.05, 0.1) is 5.69 Å². The predicted molar refractivity (Wildman–Crippen MR) is 102 cm³/mol. The monoisotopic (exact) mass is 355 g/mol. The molecule has 0 N–H and O–H groups in total. The fourth-order valence-electron chi connectivity index (χ4n) is 3.55. The average Bonchev–Trinajstić information content (AvgIpc) is 3.21. The van der Waals surface area contributed by atoms with Crippen molar-refractivity contribution >= 4 is 17.2 Å². The maximum Gasteiger partial charge on any atom is 0.169 e. The molecule has 1 atom stereocenters. The highest BCUT2D eigenvalue weighted by atomic mass is 32.1. The van der Waals surface area contributed by atoms with Crippen LogP contribution in [-0.2, 0) is 12.8 Å². The Balaban J connectivity index is 1.76. The summed E-state index contributed by atoms with van der Waals surface area (Å²) >= 11 is 1.75. The van der Waals surface area contributed by atoms with Gasteiger partial charge in [0.15, 0.2) is 5.82 Å². The Kier molecular flexibility index (Phi) is 5.67. The van der Waals surface area contributed by atoms with Gasteiger partial charge >= 0.3 is 0 Å². The van der Waals surface area contributed by atoms with Crippen molar-refractivity contribution in [3.8, 4) is 6.07 Å². The standard InChI is InChI=1S/C19H25N5S/c1-4-16-17(12-20)19(22-21-18(16)5-2)24-9-7-23(8-10-24)14(3)15-6-11-25-13-15/h6,11,13-14H,4-5,7-10H2,1-3H3. The molecule has 6 heteroatoms. The normalized spacial score (nSPS) is 16.6. The topological polar surface area (TPSA) is 56.1 Å². The lowest BCUT2D eigenvalue weighted by Gasteiger charge is -2.38. The number of rotatable bonds is 5. The van der Waals surface area contributed by atoms with Gasteiger partial charge in [-0.25, -0.2) is 0 Å². The van der Waals surface area contributed by atoms with E-state index < -0.39 is 0 Å². The number of nitrogens with zero attached hydrogens (tertiary/aromatic N) is 5. The minimum atomic E-state index is 0.434. The number of hydrogen-bond donors (Lipinski definition) is 0. The van der Waals surface area contributed by atoms with Crippen LogP contribution in [0, 0.1) is 11.3 Å². The molecule has 0 aliphatic carbocycles. The fraction of sp³-hybridized carbons (Fsp3) is 0.526. The van der Waals surface area contributed by atoms with Gasteiger partial charge in [0, 0.05) is 32.2 Å². The van der Waals surface area contributed by atoms with Crippen LogP contribution in [0.4, 0.5) is 5.82 Å². The molecule has 3 heterocycles. The van der Waals surface area contributed by atoms with Gasteiger partial charge in [0.25, 0.3) is 0 Å². The highest BCUT2D eigenvalue weighted by molar-refractivity contribution is 7.07. The van der Waals surface area contributed by atoms with E-state index >= 15 is 0 Å². The second-order valence-electron chi connectivity index (χ2n) is 6.40. The van der Waals surface area contributed by atoms with E-state index in [1.165, 1.54) is 5.56 Å². The Morgan fingerprint density at radius 3 is 2.52 bits per heavy atom. The molecule has 132 valence electrons. The Bertz CT molecular complexity index is 742. The molecular formula is C19H25N5S. The summed E-state index contributed by atoms with van der Waals surface area (Å²) in [6, 6.07) is 5.03. The zero-order chi connectivity index (χ0) is 17.8. The molecule has 0 aromatic carbocycles. The van der Waals surface area contributed by atoms with Crippen molar-refractivity contribution in [1.82, 2.24) is 15.1 Å². The summed E-state index contributed by atoms with van der Waals surface area (Å²) in [5.41, 5.74) is 4.11. The Labute approximate surface area is 153 Å². The molecule has 1 fully saturated rings. The molecule has 2 aromatic rings. The molecule has 0 amide bonds. The van der Waals surface area contributed by atoms with E-state index in [1.807, 2.05) is 0 Å². The third-order valence-corrected chi connectivity index (χ3v) is 5.83. The lowest BCUT2D eigenvalue weighted by molar-refractivity contribution is 0.198. The molecule has 0 spiro atoms. The summed E-state index contributed by atoms with van der Waals surface area (Å²) in [5, 5.41) is 22.9. The molecular weight excluding hydrogens is 330 g/mol. The van der Waals surface area contributed by atoms with Crippen LogP contribution in [0.3, 0.4) is 0 Å². The number of nitriles is 1. The highest BCUT2D eigenvalue weighted by Crippen LogP contribution is 2.27. The van der Waals surface area contributed by atoms with Crippen LogP contribution in [0.15, 0.2) is 16.8 Å². The molecule has 1 unspecified atom stereocenters. The smallest absolute Gasteiger partial charge is 0.169 e. The third kappa shape index (κ3) is 3.53. The van der Waals surface area contributed by atoms with Crippen molar-refractivity contribution in [1.29, 1.82) is 5.26 Å². The second kappa shape index (κ2) is 7.94. The quantitative estimate of drug-likeness (QED) is 0.822. The zero-order valence-electron chi connectivity index (χ0n) is 15.2. The Hall–Kier alpha value is -1.97. The van der Waals surface area contributed by atoms with Gasteiger partial charge in [-0.2, -0.15) is 21.7 Å². The van der Waals surface area contributed by atoms with Crippen LogP contribution in [-0.4, -0.2) is 41.3 Å². The van der Waals surface area contributed by atoms with Gasteiger partial charge in [-0.05, 0) is 47.7 Å². The highest BCUT2D eigenvalue weighted by Gasteiger charge is 2.26. The second-order valence-corrected chi connectivity index (χ2v) is 7.18. The predicted octanol–water partition coefficient (Wildman–Crippen LogP) is 3.42.